The lowest BCUT2D eigenvalue weighted by Gasteiger charge is -2.04. The molecule has 112 valence electrons. The number of benzene rings is 1. The van der Waals surface area contributed by atoms with Crippen molar-refractivity contribution in [1.29, 1.82) is 0 Å². The van der Waals surface area contributed by atoms with Gasteiger partial charge in [-0.3, -0.25) is 0 Å². The van der Waals surface area contributed by atoms with Gasteiger partial charge in [0.15, 0.2) is 5.69 Å². The van der Waals surface area contributed by atoms with Crippen LogP contribution in [-0.4, -0.2) is 17.6 Å². The molecule has 3 nitrogen and oxygen atoms in total. The zero-order valence-electron chi connectivity index (χ0n) is 13.0. The number of esters is 1. The van der Waals surface area contributed by atoms with Crippen LogP contribution >= 0.6 is 11.3 Å². The van der Waals surface area contributed by atoms with Crippen molar-refractivity contribution in [3.8, 4) is 10.6 Å². The van der Waals surface area contributed by atoms with Gasteiger partial charge < -0.3 is 4.74 Å². The first-order chi connectivity index (χ1) is 10.0. The van der Waals surface area contributed by atoms with Gasteiger partial charge in [-0.05, 0) is 32.3 Å². The van der Waals surface area contributed by atoms with Crippen molar-refractivity contribution >= 4 is 17.3 Å². The SMILES string of the molecule is CCOC(=O)c1nc(-c2cccc(C)c2)sc1CC(C)C. The van der Waals surface area contributed by atoms with E-state index in [4.69, 9.17) is 4.74 Å². The molecule has 0 aliphatic carbocycles. The number of hydrogen-bond donors (Lipinski definition) is 0. The molecule has 0 unspecified atom stereocenters. The van der Waals surface area contributed by atoms with Crippen molar-refractivity contribution in [2.24, 2.45) is 5.92 Å². The van der Waals surface area contributed by atoms with Crippen molar-refractivity contribution in [3.05, 3.63) is 40.4 Å². The largest absolute Gasteiger partial charge is 0.461 e. The normalized spacial score (nSPS) is 10.9. The van der Waals surface area contributed by atoms with Crippen molar-refractivity contribution in [2.45, 2.75) is 34.1 Å². The Bertz CT molecular complexity index is 631. The molecule has 0 atom stereocenters. The Morgan fingerprint density at radius 1 is 1.38 bits per heavy atom. The van der Waals surface area contributed by atoms with Crippen LogP contribution in [0.4, 0.5) is 0 Å². The predicted octanol–water partition coefficient (Wildman–Crippen LogP) is 4.49. The highest BCUT2D eigenvalue weighted by Gasteiger charge is 2.20. The number of ether oxygens (including phenoxy) is 1. The summed E-state index contributed by atoms with van der Waals surface area (Å²) in [7, 11) is 0. The highest BCUT2D eigenvalue weighted by molar-refractivity contribution is 7.15. The molecule has 2 rings (SSSR count). The molecule has 0 radical (unpaired) electrons. The summed E-state index contributed by atoms with van der Waals surface area (Å²) in [5.74, 6) is 0.160. The number of rotatable bonds is 5. The van der Waals surface area contributed by atoms with Crippen molar-refractivity contribution in [3.63, 3.8) is 0 Å². The number of aromatic nitrogens is 1. The zero-order valence-corrected chi connectivity index (χ0v) is 13.8. The third kappa shape index (κ3) is 3.91. The van der Waals surface area contributed by atoms with Gasteiger partial charge in [-0.1, -0.05) is 37.6 Å². The molecule has 0 aliphatic heterocycles. The lowest BCUT2D eigenvalue weighted by Crippen LogP contribution is -2.08. The highest BCUT2D eigenvalue weighted by atomic mass is 32.1. The van der Waals surface area contributed by atoms with E-state index in [0.717, 1.165) is 21.9 Å². The summed E-state index contributed by atoms with van der Waals surface area (Å²) in [6.45, 7) is 8.52. The maximum Gasteiger partial charge on any atom is 0.358 e. The van der Waals surface area contributed by atoms with Crippen LogP contribution in [0, 0.1) is 12.8 Å². The molecule has 0 aliphatic rings. The first-order valence-corrected chi connectivity index (χ1v) is 8.06. The van der Waals surface area contributed by atoms with Crippen molar-refractivity contribution in [1.82, 2.24) is 4.98 Å². The van der Waals surface area contributed by atoms with Gasteiger partial charge in [0, 0.05) is 10.4 Å². The topological polar surface area (TPSA) is 39.2 Å². The van der Waals surface area contributed by atoms with E-state index in [2.05, 4.69) is 37.9 Å². The summed E-state index contributed by atoms with van der Waals surface area (Å²) in [5.41, 5.74) is 2.72. The van der Waals surface area contributed by atoms with E-state index in [1.807, 2.05) is 19.1 Å². The summed E-state index contributed by atoms with van der Waals surface area (Å²) in [5, 5.41) is 0.886. The smallest absolute Gasteiger partial charge is 0.358 e. The van der Waals surface area contributed by atoms with Gasteiger partial charge in [0.1, 0.15) is 5.01 Å². The van der Waals surface area contributed by atoms with E-state index in [9.17, 15) is 4.79 Å². The van der Waals surface area contributed by atoms with Gasteiger partial charge >= 0.3 is 5.97 Å². The minimum Gasteiger partial charge on any atom is -0.461 e. The van der Waals surface area contributed by atoms with Crippen LogP contribution in [0.2, 0.25) is 0 Å². The van der Waals surface area contributed by atoms with E-state index < -0.39 is 0 Å². The van der Waals surface area contributed by atoms with Crippen LogP contribution in [0.5, 0.6) is 0 Å². The second-order valence-electron chi connectivity index (χ2n) is 5.48. The number of hydrogen-bond acceptors (Lipinski definition) is 4. The minimum absolute atomic E-state index is 0.316. The summed E-state index contributed by atoms with van der Waals surface area (Å²) < 4.78 is 5.13. The molecule has 0 saturated carbocycles. The fraction of sp³-hybridized carbons (Fsp3) is 0.412. The van der Waals surface area contributed by atoms with Gasteiger partial charge in [-0.15, -0.1) is 11.3 Å². The quantitative estimate of drug-likeness (QED) is 0.764. The molecule has 0 bridgehead atoms. The van der Waals surface area contributed by atoms with Crippen LogP contribution in [0.25, 0.3) is 10.6 Å². The first-order valence-electron chi connectivity index (χ1n) is 7.25. The van der Waals surface area contributed by atoms with E-state index >= 15 is 0 Å². The maximum atomic E-state index is 12.1. The Hall–Kier alpha value is -1.68. The Morgan fingerprint density at radius 3 is 2.76 bits per heavy atom. The Morgan fingerprint density at radius 2 is 2.14 bits per heavy atom. The van der Waals surface area contributed by atoms with E-state index in [1.54, 1.807) is 11.3 Å². The van der Waals surface area contributed by atoms with Crippen LogP contribution in [0.3, 0.4) is 0 Å². The maximum absolute atomic E-state index is 12.1. The van der Waals surface area contributed by atoms with E-state index in [0.29, 0.717) is 18.2 Å². The molecule has 0 N–H and O–H groups in total. The standard InChI is InChI=1S/C17H21NO2S/c1-5-20-17(19)15-14(9-11(2)3)21-16(18-15)13-8-6-7-12(4)10-13/h6-8,10-11H,5,9H2,1-4H3. The van der Waals surface area contributed by atoms with Gasteiger partial charge in [-0.25, -0.2) is 9.78 Å². The lowest BCUT2D eigenvalue weighted by molar-refractivity contribution is 0.0519. The number of carbonyl (C=O) groups is 1. The molecule has 0 spiro atoms. The number of nitrogens with zero attached hydrogens (tertiary/aromatic N) is 1. The molecule has 1 heterocycles. The monoisotopic (exact) mass is 303 g/mol. The molecule has 1 aromatic carbocycles. The molecule has 0 saturated heterocycles. The third-order valence-electron chi connectivity index (χ3n) is 3.02. The van der Waals surface area contributed by atoms with Gasteiger partial charge in [0.05, 0.1) is 6.61 Å². The second-order valence-corrected chi connectivity index (χ2v) is 6.56. The predicted molar refractivity (Wildman–Crippen MR) is 86.8 cm³/mol. The van der Waals surface area contributed by atoms with Gasteiger partial charge in [-0.2, -0.15) is 0 Å². The van der Waals surface area contributed by atoms with Crippen molar-refractivity contribution in [2.75, 3.05) is 6.61 Å². The lowest BCUT2D eigenvalue weighted by atomic mass is 10.1. The molecule has 4 heteroatoms. The summed E-state index contributed by atoms with van der Waals surface area (Å²) in [6.07, 6.45) is 0.845. The minimum atomic E-state index is -0.316. The highest BCUT2D eigenvalue weighted by Crippen LogP contribution is 2.30. The molecule has 21 heavy (non-hydrogen) atoms. The van der Waals surface area contributed by atoms with Crippen LogP contribution in [-0.2, 0) is 11.2 Å². The molecule has 1 aromatic heterocycles. The molecule has 2 aromatic rings. The van der Waals surface area contributed by atoms with Gasteiger partial charge in [0.2, 0.25) is 0 Å². The number of thiazole rings is 1. The molecular weight excluding hydrogens is 282 g/mol. The second kappa shape index (κ2) is 6.85. The number of carbonyl (C=O) groups excluding carboxylic acids is 1. The molecular formula is C17H21NO2S. The first kappa shape index (κ1) is 15.7. The summed E-state index contributed by atoms with van der Waals surface area (Å²) in [6, 6.07) is 8.18. The average Bonchev–Trinajstić information content (AvgIpc) is 2.82. The van der Waals surface area contributed by atoms with Crippen LogP contribution in [0.1, 0.15) is 41.7 Å². The average molecular weight is 303 g/mol. The van der Waals surface area contributed by atoms with Crippen molar-refractivity contribution < 1.29 is 9.53 Å². The Balaban J connectivity index is 2.42. The van der Waals surface area contributed by atoms with Crippen LogP contribution < -0.4 is 0 Å². The van der Waals surface area contributed by atoms with Crippen LogP contribution in [0.15, 0.2) is 24.3 Å². The Labute approximate surface area is 130 Å². The molecule has 0 amide bonds. The summed E-state index contributed by atoms with van der Waals surface area (Å²) >= 11 is 1.59. The number of aryl methyl sites for hydroxylation is 1. The Kier molecular flexibility index (Phi) is 5.12. The summed E-state index contributed by atoms with van der Waals surface area (Å²) in [4.78, 5) is 17.6. The fourth-order valence-electron chi connectivity index (χ4n) is 2.12. The van der Waals surface area contributed by atoms with E-state index in [1.165, 1.54) is 5.56 Å². The zero-order chi connectivity index (χ0) is 15.4. The third-order valence-corrected chi connectivity index (χ3v) is 4.15. The fourth-order valence-corrected chi connectivity index (χ4v) is 3.38. The van der Waals surface area contributed by atoms with E-state index in [-0.39, 0.29) is 5.97 Å². The molecule has 0 fully saturated rings. The van der Waals surface area contributed by atoms with Gasteiger partial charge in [0.25, 0.3) is 0 Å².